The third-order valence-corrected chi connectivity index (χ3v) is 1.08. The predicted octanol–water partition coefficient (Wildman–Crippen LogP) is -2.22. The van der Waals surface area contributed by atoms with Gasteiger partial charge >= 0.3 is 35.7 Å². The zero-order chi connectivity index (χ0) is 11.4. The molecule has 15 heavy (non-hydrogen) atoms. The van der Waals surface area contributed by atoms with Crippen molar-refractivity contribution in [1.29, 1.82) is 5.26 Å². The number of alkyl halides is 3. The van der Waals surface area contributed by atoms with E-state index in [2.05, 4.69) is 4.74 Å². The number of Topliss-reactive ketones (excluding diaryl/α,β-unsaturated/α-hetero) is 1. The fourth-order valence-electron chi connectivity index (χ4n) is 0.534. The molecule has 4 nitrogen and oxygen atoms in total. The molecule has 0 aliphatic heterocycles. The molecule has 0 spiro atoms. The van der Waals surface area contributed by atoms with Crippen molar-refractivity contribution in [3.05, 3.63) is 5.92 Å². The minimum Gasteiger partial charge on any atom is -0.487 e. The minimum atomic E-state index is -5.24. The van der Waals surface area contributed by atoms with E-state index in [1.54, 1.807) is 0 Å². The van der Waals surface area contributed by atoms with Gasteiger partial charge in [-0.05, 0) is 6.92 Å². The number of hydrogen-bond acceptors (Lipinski definition) is 4. The predicted molar refractivity (Wildman–Crippen MR) is 36.6 cm³/mol. The normalized spacial score (nSPS) is 9.53. The molecule has 0 aliphatic rings. The van der Waals surface area contributed by atoms with Crippen molar-refractivity contribution in [3.63, 3.8) is 0 Å². The van der Waals surface area contributed by atoms with E-state index in [4.69, 9.17) is 5.26 Å². The Labute approximate surface area is 106 Å². The summed E-state index contributed by atoms with van der Waals surface area (Å²) in [5, 5.41) is 8.15. The smallest absolute Gasteiger partial charge is 0.487 e. The Hall–Kier alpha value is -0.710. The Kier molecular flexibility index (Phi) is 7.48. The molecule has 0 aromatic heterocycles. The molecule has 0 unspecified atom stereocenters. The summed E-state index contributed by atoms with van der Waals surface area (Å²) in [6, 6.07) is 0.866. The minimum absolute atomic E-state index is 0. The van der Waals surface area contributed by atoms with Crippen LogP contribution in [0, 0.1) is 17.2 Å². The number of rotatable bonds is 3. The first-order chi connectivity index (χ1) is 6.34. The molecule has 78 valence electrons. The van der Waals surface area contributed by atoms with Gasteiger partial charge in [0.05, 0.1) is 6.61 Å². The van der Waals surface area contributed by atoms with Crippen molar-refractivity contribution in [2.24, 2.45) is 0 Å². The number of nitriles is 1. The molecule has 0 amide bonds. The topological polar surface area (TPSA) is 67.2 Å². The first-order valence-electron chi connectivity index (χ1n) is 3.40. The van der Waals surface area contributed by atoms with Crippen molar-refractivity contribution < 1.29 is 57.1 Å². The molecule has 0 aromatic rings. The first-order valence-corrected chi connectivity index (χ1v) is 3.40. The second-order valence-corrected chi connectivity index (χ2v) is 2.03. The number of halogens is 3. The summed E-state index contributed by atoms with van der Waals surface area (Å²) in [6.07, 6.45) is -5.24. The molecule has 0 radical (unpaired) electrons. The number of carbonyl (C=O) groups excluding carboxylic acids is 2. The quantitative estimate of drug-likeness (QED) is 0.239. The summed E-state index contributed by atoms with van der Waals surface area (Å²) in [5.41, 5.74) is 0. The molecule has 0 bridgehead atoms. The van der Waals surface area contributed by atoms with Crippen molar-refractivity contribution in [2.45, 2.75) is 13.1 Å². The number of ketones is 1. The van der Waals surface area contributed by atoms with Crippen molar-refractivity contribution in [3.8, 4) is 6.07 Å². The van der Waals surface area contributed by atoms with Gasteiger partial charge in [0, 0.05) is 0 Å². The maximum atomic E-state index is 11.8. The van der Waals surface area contributed by atoms with Crippen molar-refractivity contribution >= 4 is 11.8 Å². The number of nitrogens with zero attached hydrogens (tertiary/aromatic N) is 1. The molecular weight excluding hydrogens is 226 g/mol. The van der Waals surface area contributed by atoms with Gasteiger partial charge in [-0.1, -0.05) is 6.07 Å². The molecule has 0 atom stereocenters. The summed E-state index contributed by atoms with van der Waals surface area (Å²) in [6.45, 7) is 1.13. The van der Waals surface area contributed by atoms with Gasteiger partial charge in [-0.3, -0.25) is 4.79 Å². The zero-order valence-corrected chi connectivity index (χ0v) is 10.0. The van der Waals surface area contributed by atoms with Gasteiger partial charge in [-0.15, -0.1) is 5.92 Å². The van der Waals surface area contributed by atoms with Crippen LogP contribution in [-0.4, -0.2) is 24.5 Å². The molecule has 0 fully saturated rings. The third-order valence-electron chi connectivity index (χ3n) is 1.08. The second-order valence-electron chi connectivity index (χ2n) is 2.03. The Balaban J connectivity index is 0. The van der Waals surface area contributed by atoms with Crippen LogP contribution in [0.5, 0.6) is 0 Å². The summed E-state index contributed by atoms with van der Waals surface area (Å²) in [5.74, 6) is -5.60. The van der Waals surface area contributed by atoms with Gasteiger partial charge in [-0.25, -0.2) is 5.26 Å². The molecule has 0 aliphatic carbocycles. The molecule has 0 N–H and O–H groups in total. The van der Waals surface area contributed by atoms with E-state index in [1.807, 2.05) is 0 Å². The Bertz CT molecular complexity index is 284. The van der Waals surface area contributed by atoms with Crippen LogP contribution in [0.3, 0.4) is 0 Å². The third kappa shape index (κ3) is 5.06. The van der Waals surface area contributed by atoms with Crippen LogP contribution in [0.4, 0.5) is 13.2 Å². The van der Waals surface area contributed by atoms with Crippen LogP contribution in [0.2, 0.25) is 0 Å². The standard InChI is InChI=1S/C7H5F3NO3.Na/c1-2-14-6(13)4(3-11)5(12)7(8,9)10;/h2H2,1H3;/q-1;+1. The largest absolute Gasteiger partial charge is 1.00 e. The molecule has 0 aromatic carbocycles. The summed E-state index contributed by atoms with van der Waals surface area (Å²) >= 11 is 0. The van der Waals surface area contributed by atoms with E-state index < -0.39 is 23.8 Å². The zero-order valence-electron chi connectivity index (χ0n) is 8.01. The first kappa shape index (κ1) is 16.7. The second kappa shape index (κ2) is 6.71. The molecular formula is C7H5F3NNaO3. The van der Waals surface area contributed by atoms with Crippen molar-refractivity contribution in [1.82, 2.24) is 0 Å². The van der Waals surface area contributed by atoms with Crippen molar-refractivity contribution in [2.75, 3.05) is 6.61 Å². The van der Waals surface area contributed by atoms with E-state index in [0.29, 0.717) is 0 Å². The van der Waals surface area contributed by atoms with Crippen LogP contribution >= 0.6 is 0 Å². The van der Waals surface area contributed by atoms with Crippen LogP contribution in [-0.2, 0) is 14.3 Å². The Morgan fingerprint density at radius 1 is 1.47 bits per heavy atom. The van der Waals surface area contributed by atoms with E-state index >= 15 is 0 Å². The molecule has 0 rings (SSSR count). The van der Waals surface area contributed by atoms with Gasteiger partial charge in [0.15, 0.2) is 5.97 Å². The van der Waals surface area contributed by atoms with Crippen LogP contribution in [0.1, 0.15) is 6.92 Å². The molecule has 0 saturated carbocycles. The Morgan fingerprint density at radius 3 is 2.20 bits per heavy atom. The maximum absolute atomic E-state index is 11.8. The molecule has 0 heterocycles. The molecule has 8 heteroatoms. The maximum Gasteiger partial charge on any atom is 1.00 e. The fraction of sp³-hybridized carbons (Fsp3) is 0.429. The summed E-state index contributed by atoms with van der Waals surface area (Å²) in [4.78, 5) is 21.1. The number of hydrogen-bond donors (Lipinski definition) is 0. The average molecular weight is 231 g/mol. The summed E-state index contributed by atoms with van der Waals surface area (Å²) < 4.78 is 39.4. The van der Waals surface area contributed by atoms with Gasteiger partial charge in [0.1, 0.15) is 5.78 Å². The fourth-order valence-corrected chi connectivity index (χ4v) is 0.534. The number of esters is 1. The molecule has 0 saturated heterocycles. The average Bonchev–Trinajstić information content (AvgIpc) is 2.04. The monoisotopic (exact) mass is 231 g/mol. The number of carbonyl (C=O) groups is 2. The van der Waals surface area contributed by atoms with Crippen LogP contribution in [0.15, 0.2) is 0 Å². The van der Waals surface area contributed by atoms with Gasteiger partial charge in [0.2, 0.25) is 0 Å². The van der Waals surface area contributed by atoms with E-state index in [9.17, 15) is 22.8 Å². The van der Waals surface area contributed by atoms with Crippen LogP contribution < -0.4 is 29.6 Å². The van der Waals surface area contributed by atoms with Gasteiger partial charge in [0.25, 0.3) is 0 Å². The Morgan fingerprint density at radius 2 is 1.93 bits per heavy atom. The number of ether oxygens (including phenoxy) is 1. The van der Waals surface area contributed by atoms with Crippen LogP contribution in [0.25, 0.3) is 0 Å². The van der Waals surface area contributed by atoms with E-state index in [1.165, 1.54) is 6.92 Å². The van der Waals surface area contributed by atoms with Gasteiger partial charge in [-0.2, -0.15) is 13.2 Å². The SMILES string of the molecule is CCOC(=O)[C-](C#N)C(=O)C(F)(F)F.[Na+]. The van der Waals surface area contributed by atoms with E-state index in [0.717, 1.165) is 6.07 Å². The van der Waals surface area contributed by atoms with Gasteiger partial charge < -0.3 is 9.53 Å². The van der Waals surface area contributed by atoms with E-state index in [-0.39, 0.29) is 36.2 Å². The summed E-state index contributed by atoms with van der Waals surface area (Å²) in [7, 11) is 0.